The molecule has 0 saturated carbocycles. The van der Waals surface area contributed by atoms with Gasteiger partial charge in [0.1, 0.15) is 11.6 Å². The second-order valence-corrected chi connectivity index (χ2v) is 5.11. The van der Waals surface area contributed by atoms with Crippen LogP contribution in [0.5, 0.6) is 0 Å². The second-order valence-electron chi connectivity index (χ2n) is 5.11. The molecule has 5 nitrogen and oxygen atoms in total. The predicted molar refractivity (Wildman–Crippen MR) is 69.6 cm³/mol. The number of urea groups is 1. The Balaban J connectivity index is 2.77. The molecule has 0 aliphatic heterocycles. The monoisotopic (exact) mass is 286 g/mol. The number of rotatable bonds is 4. The minimum Gasteiger partial charge on any atom is -0.481 e. The smallest absolute Gasteiger partial charge is 0.319 e. The van der Waals surface area contributed by atoms with Crippen molar-refractivity contribution >= 4 is 17.7 Å². The summed E-state index contributed by atoms with van der Waals surface area (Å²) in [6.07, 6.45) is -0.300. The van der Waals surface area contributed by atoms with Gasteiger partial charge in [-0.1, -0.05) is 0 Å². The number of hydrogen-bond acceptors (Lipinski definition) is 2. The molecular weight excluding hydrogens is 270 g/mol. The molecule has 0 radical (unpaired) electrons. The van der Waals surface area contributed by atoms with Gasteiger partial charge in [0.2, 0.25) is 0 Å². The fourth-order valence-corrected chi connectivity index (χ4v) is 1.63. The maximum absolute atomic E-state index is 13.5. The molecule has 20 heavy (non-hydrogen) atoms. The number of aryl methyl sites for hydroxylation is 1. The molecule has 7 heteroatoms. The first-order valence-electron chi connectivity index (χ1n) is 5.87. The highest BCUT2D eigenvalue weighted by molar-refractivity contribution is 5.90. The van der Waals surface area contributed by atoms with Gasteiger partial charge in [-0.3, -0.25) is 4.79 Å². The molecule has 0 unspecified atom stereocenters. The lowest BCUT2D eigenvalue weighted by atomic mass is 10.0. The number of carbonyl (C=O) groups is 2. The van der Waals surface area contributed by atoms with Gasteiger partial charge in [-0.05, 0) is 32.4 Å². The van der Waals surface area contributed by atoms with Crippen molar-refractivity contribution in [3.8, 4) is 0 Å². The maximum atomic E-state index is 13.5. The maximum Gasteiger partial charge on any atom is 0.319 e. The summed E-state index contributed by atoms with van der Waals surface area (Å²) in [6, 6.07) is 1.03. The van der Waals surface area contributed by atoms with Crippen LogP contribution in [0.3, 0.4) is 0 Å². The van der Waals surface area contributed by atoms with E-state index in [0.29, 0.717) is 0 Å². The van der Waals surface area contributed by atoms with Crippen molar-refractivity contribution in [2.24, 2.45) is 0 Å². The Labute approximate surface area is 115 Å². The Kier molecular flexibility index (Phi) is 4.65. The molecule has 0 aliphatic rings. The molecule has 1 aromatic rings. The van der Waals surface area contributed by atoms with Crippen LogP contribution in [0.2, 0.25) is 0 Å². The fourth-order valence-electron chi connectivity index (χ4n) is 1.63. The fraction of sp³-hybridized carbons (Fsp3) is 0.385. The normalized spacial score (nSPS) is 11.1. The lowest BCUT2D eigenvalue weighted by molar-refractivity contribution is -0.138. The topological polar surface area (TPSA) is 78.4 Å². The highest BCUT2D eigenvalue weighted by Gasteiger charge is 2.24. The Morgan fingerprint density at radius 1 is 1.25 bits per heavy atom. The lowest BCUT2D eigenvalue weighted by Crippen LogP contribution is -2.46. The van der Waals surface area contributed by atoms with Crippen LogP contribution < -0.4 is 10.6 Å². The van der Waals surface area contributed by atoms with E-state index in [1.165, 1.54) is 20.8 Å². The van der Waals surface area contributed by atoms with E-state index in [0.717, 1.165) is 12.1 Å². The number of aliphatic carboxylic acids is 1. The van der Waals surface area contributed by atoms with E-state index in [9.17, 15) is 18.4 Å². The Morgan fingerprint density at radius 3 is 2.40 bits per heavy atom. The van der Waals surface area contributed by atoms with Crippen molar-refractivity contribution in [2.45, 2.75) is 32.7 Å². The SMILES string of the molecule is Cc1cc(F)c(NC(=O)NC(C)(C)CC(=O)O)cc1F. The highest BCUT2D eigenvalue weighted by atomic mass is 19.1. The Bertz CT molecular complexity index is 545. The summed E-state index contributed by atoms with van der Waals surface area (Å²) < 4.78 is 26.8. The molecule has 1 aromatic carbocycles. The third-order valence-electron chi connectivity index (χ3n) is 2.54. The molecule has 2 amide bonds. The summed E-state index contributed by atoms with van der Waals surface area (Å²) in [5.41, 5.74) is -1.20. The van der Waals surface area contributed by atoms with Gasteiger partial charge < -0.3 is 15.7 Å². The summed E-state index contributed by atoms with van der Waals surface area (Å²) in [6.45, 7) is 4.41. The average Bonchev–Trinajstić information content (AvgIpc) is 2.22. The summed E-state index contributed by atoms with van der Waals surface area (Å²) in [7, 11) is 0. The third kappa shape index (κ3) is 4.49. The van der Waals surface area contributed by atoms with Crippen LogP contribution >= 0.6 is 0 Å². The third-order valence-corrected chi connectivity index (χ3v) is 2.54. The first kappa shape index (κ1) is 15.9. The van der Waals surface area contributed by atoms with Gasteiger partial charge in [-0.25, -0.2) is 13.6 Å². The van der Waals surface area contributed by atoms with Crippen molar-refractivity contribution in [3.63, 3.8) is 0 Å². The number of benzene rings is 1. The Hall–Kier alpha value is -2.18. The van der Waals surface area contributed by atoms with Gasteiger partial charge in [0, 0.05) is 11.6 Å². The van der Waals surface area contributed by atoms with Crippen LogP contribution in [-0.2, 0) is 4.79 Å². The molecule has 0 bridgehead atoms. The standard InChI is InChI=1S/C13H16F2N2O3/c1-7-4-9(15)10(5-8(7)14)16-12(20)17-13(2,3)6-11(18)19/h4-5H,6H2,1-3H3,(H,18,19)(H2,16,17,20). The molecule has 1 rings (SSSR count). The van der Waals surface area contributed by atoms with Crippen molar-refractivity contribution in [1.82, 2.24) is 5.32 Å². The summed E-state index contributed by atoms with van der Waals surface area (Å²) in [5, 5.41) is 13.2. The van der Waals surface area contributed by atoms with E-state index in [4.69, 9.17) is 5.11 Å². The van der Waals surface area contributed by atoms with Crippen LogP contribution in [-0.4, -0.2) is 22.6 Å². The Morgan fingerprint density at radius 2 is 1.85 bits per heavy atom. The molecule has 0 atom stereocenters. The number of carboxylic acid groups (broad SMARTS) is 1. The number of halogens is 2. The summed E-state index contributed by atoms with van der Waals surface area (Å²) >= 11 is 0. The van der Waals surface area contributed by atoms with E-state index in [-0.39, 0.29) is 17.7 Å². The van der Waals surface area contributed by atoms with Crippen LogP contribution in [0.4, 0.5) is 19.3 Å². The molecule has 0 fully saturated rings. The minimum atomic E-state index is -1.08. The van der Waals surface area contributed by atoms with Gasteiger partial charge in [0.15, 0.2) is 0 Å². The van der Waals surface area contributed by atoms with Crippen LogP contribution in [0, 0.1) is 18.6 Å². The molecule has 0 heterocycles. The summed E-state index contributed by atoms with van der Waals surface area (Å²) in [4.78, 5) is 22.3. The molecular formula is C13H16F2N2O3. The van der Waals surface area contributed by atoms with Crippen LogP contribution in [0.25, 0.3) is 0 Å². The number of carboxylic acids is 1. The largest absolute Gasteiger partial charge is 0.481 e. The zero-order chi connectivity index (χ0) is 15.5. The van der Waals surface area contributed by atoms with Crippen molar-refractivity contribution < 1.29 is 23.5 Å². The van der Waals surface area contributed by atoms with E-state index in [2.05, 4.69) is 10.6 Å². The van der Waals surface area contributed by atoms with Crippen molar-refractivity contribution in [3.05, 3.63) is 29.3 Å². The molecule has 110 valence electrons. The summed E-state index contributed by atoms with van der Waals surface area (Å²) in [5.74, 6) is -2.50. The molecule has 0 aromatic heterocycles. The first-order valence-corrected chi connectivity index (χ1v) is 5.87. The zero-order valence-corrected chi connectivity index (χ0v) is 11.4. The second kappa shape index (κ2) is 5.85. The van der Waals surface area contributed by atoms with Gasteiger partial charge in [-0.2, -0.15) is 0 Å². The van der Waals surface area contributed by atoms with Crippen LogP contribution in [0.15, 0.2) is 12.1 Å². The van der Waals surface area contributed by atoms with E-state index in [1.807, 2.05) is 0 Å². The van der Waals surface area contributed by atoms with Crippen molar-refractivity contribution in [2.75, 3.05) is 5.32 Å². The van der Waals surface area contributed by atoms with Gasteiger partial charge >= 0.3 is 12.0 Å². The number of anilines is 1. The van der Waals surface area contributed by atoms with E-state index >= 15 is 0 Å². The average molecular weight is 286 g/mol. The molecule has 3 N–H and O–H groups in total. The van der Waals surface area contributed by atoms with E-state index in [1.54, 1.807) is 0 Å². The number of amides is 2. The van der Waals surface area contributed by atoms with Gasteiger partial charge in [0.05, 0.1) is 12.1 Å². The molecule has 0 spiro atoms. The van der Waals surface area contributed by atoms with Gasteiger partial charge in [-0.15, -0.1) is 0 Å². The predicted octanol–water partition coefficient (Wildman–Crippen LogP) is 2.65. The quantitative estimate of drug-likeness (QED) is 0.796. The molecule has 0 saturated heterocycles. The highest BCUT2D eigenvalue weighted by Crippen LogP contribution is 2.19. The van der Waals surface area contributed by atoms with Crippen molar-refractivity contribution in [1.29, 1.82) is 0 Å². The van der Waals surface area contributed by atoms with E-state index < -0.39 is 29.2 Å². The first-order chi connectivity index (χ1) is 9.10. The zero-order valence-electron chi connectivity index (χ0n) is 11.4. The van der Waals surface area contributed by atoms with Gasteiger partial charge in [0.25, 0.3) is 0 Å². The molecule has 0 aliphatic carbocycles. The lowest BCUT2D eigenvalue weighted by Gasteiger charge is -2.24. The minimum absolute atomic E-state index is 0.125. The van der Waals surface area contributed by atoms with Crippen LogP contribution in [0.1, 0.15) is 25.8 Å². The number of nitrogens with one attached hydrogen (secondary N) is 2. The number of carbonyl (C=O) groups excluding carboxylic acids is 1. The number of hydrogen-bond donors (Lipinski definition) is 3.